The lowest BCUT2D eigenvalue weighted by molar-refractivity contribution is -0.147. The van der Waals surface area contributed by atoms with E-state index in [1.54, 1.807) is 83.1 Å². The first-order chi connectivity index (χ1) is 27.3. The summed E-state index contributed by atoms with van der Waals surface area (Å²) in [7, 11) is 0. The standard InChI is InChI=1S/C43H58N6O8/c1-30(2)37(46-42(52)56-43(3,4)5)40(50)57-48-39(45)34-16-20-35(21-17-34)53-27-9-13-31-22-25-49(26-23-31)24-10-28-54-36-18-14-33(15-19-36)38(44)47-41(51)55-29-32-11-7-6-8-12-32/h6-8,11-12,14-21,30-31,37H,9-10,13,22-29H2,1-5H3,(H2,45,48)(H,46,52)(H2,44,47,51)/t37-/m0/s1. The Morgan fingerprint density at radius 3 is 2.05 bits per heavy atom. The Kier molecular flexibility index (Phi) is 17.2. The second-order valence-corrected chi connectivity index (χ2v) is 15.3. The van der Waals surface area contributed by atoms with Gasteiger partial charge in [0.15, 0.2) is 5.84 Å². The van der Waals surface area contributed by atoms with E-state index in [0.29, 0.717) is 36.0 Å². The van der Waals surface area contributed by atoms with Crippen LogP contribution in [0, 0.1) is 17.2 Å². The minimum atomic E-state index is -0.955. The van der Waals surface area contributed by atoms with E-state index in [4.69, 9.17) is 34.9 Å². The average Bonchev–Trinajstić information content (AvgIpc) is 3.19. The lowest BCUT2D eigenvalue weighted by Gasteiger charge is -2.32. The topological polar surface area (TPSA) is 187 Å². The van der Waals surface area contributed by atoms with Crippen LogP contribution >= 0.6 is 0 Å². The van der Waals surface area contributed by atoms with E-state index in [1.165, 1.54) is 0 Å². The van der Waals surface area contributed by atoms with Crippen LogP contribution in [-0.2, 0) is 25.7 Å². The molecular weight excluding hydrogens is 729 g/mol. The highest BCUT2D eigenvalue weighted by Gasteiger charge is 2.29. The number of rotatable bonds is 18. The summed E-state index contributed by atoms with van der Waals surface area (Å²) < 4.78 is 22.3. The first kappa shape index (κ1) is 44.1. The molecule has 3 aromatic rings. The quantitative estimate of drug-likeness (QED) is 0.0344. The van der Waals surface area contributed by atoms with Crippen LogP contribution in [0.3, 0.4) is 0 Å². The second kappa shape index (κ2) is 22.2. The van der Waals surface area contributed by atoms with E-state index in [9.17, 15) is 14.4 Å². The molecule has 0 bridgehead atoms. The number of nitrogens with one attached hydrogen (secondary N) is 3. The first-order valence-corrected chi connectivity index (χ1v) is 19.5. The number of oxime groups is 1. The Hall–Kier alpha value is -5.63. The maximum atomic E-state index is 12.6. The van der Waals surface area contributed by atoms with Crippen molar-refractivity contribution in [1.29, 1.82) is 5.41 Å². The molecule has 1 saturated heterocycles. The number of carbonyl (C=O) groups is 3. The molecule has 0 radical (unpaired) electrons. The van der Waals surface area contributed by atoms with E-state index in [0.717, 1.165) is 63.1 Å². The molecule has 308 valence electrons. The van der Waals surface area contributed by atoms with Crippen molar-refractivity contribution in [3.05, 3.63) is 95.6 Å². The monoisotopic (exact) mass is 786 g/mol. The second-order valence-electron chi connectivity index (χ2n) is 15.3. The Morgan fingerprint density at radius 1 is 0.860 bits per heavy atom. The van der Waals surface area contributed by atoms with Crippen LogP contribution in [0.5, 0.6) is 11.5 Å². The molecule has 1 heterocycles. The summed E-state index contributed by atoms with van der Waals surface area (Å²) in [6.07, 6.45) is 3.92. The zero-order chi connectivity index (χ0) is 41.2. The minimum absolute atomic E-state index is 0.0211. The minimum Gasteiger partial charge on any atom is -0.494 e. The lowest BCUT2D eigenvalue weighted by Crippen LogP contribution is -2.46. The summed E-state index contributed by atoms with van der Waals surface area (Å²) >= 11 is 0. The van der Waals surface area contributed by atoms with Crippen LogP contribution in [0.1, 0.15) is 83.4 Å². The number of likely N-dealkylation sites (tertiary alicyclic amines) is 1. The van der Waals surface area contributed by atoms with Crippen molar-refractivity contribution in [3.63, 3.8) is 0 Å². The average molecular weight is 787 g/mol. The summed E-state index contributed by atoms with van der Waals surface area (Å²) in [5.41, 5.74) is 7.36. The molecule has 3 aromatic carbocycles. The Bertz CT molecular complexity index is 1750. The number of nitrogens with two attached hydrogens (primary N) is 1. The van der Waals surface area contributed by atoms with Gasteiger partial charge in [-0.15, -0.1) is 0 Å². The molecule has 14 heteroatoms. The number of amidine groups is 2. The Labute approximate surface area is 335 Å². The summed E-state index contributed by atoms with van der Waals surface area (Å²) in [5, 5.41) is 17.0. The molecule has 4 rings (SSSR count). The van der Waals surface area contributed by atoms with Crippen LogP contribution in [0.2, 0.25) is 0 Å². The van der Waals surface area contributed by atoms with Gasteiger partial charge in [-0.2, -0.15) is 0 Å². The molecule has 1 atom stereocenters. The van der Waals surface area contributed by atoms with E-state index < -0.39 is 29.8 Å². The molecular formula is C43H58N6O8. The van der Waals surface area contributed by atoms with Crippen molar-refractivity contribution in [2.75, 3.05) is 32.8 Å². The van der Waals surface area contributed by atoms with Crippen molar-refractivity contribution >= 4 is 29.8 Å². The maximum absolute atomic E-state index is 12.6. The number of benzene rings is 3. The van der Waals surface area contributed by atoms with Gasteiger partial charge in [-0.25, -0.2) is 14.4 Å². The summed E-state index contributed by atoms with van der Waals surface area (Å²) in [5.74, 6) is 1.09. The van der Waals surface area contributed by atoms with Crippen LogP contribution in [0.15, 0.2) is 84.0 Å². The van der Waals surface area contributed by atoms with Gasteiger partial charge in [0.2, 0.25) is 0 Å². The lowest BCUT2D eigenvalue weighted by atomic mass is 9.92. The van der Waals surface area contributed by atoms with Gasteiger partial charge in [0.1, 0.15) is 35.6 Å². The van der Waals surface area contributed by atoms with E-state index in [-0.39, 0.29) is 24.2 Å². The number of amides is 2. The molecule has 57 heavy (non-hydrogen) atoms. The molecule has 0 aromatic heterocycles. The molecule has 5 N–H and O–H groups in total. The smallest absolute Gasteiger partial charge is 0.413 e. The van der Waals surface area contributed by atoms with Crippen molar-refractivity contribution in [1.82, 2.24) is 15.5 Å². The number of hydrogen-bond donors (Lipinski definition) is 4. The molecule has 2 amide bonds. The predicted molar refractivity (Wildman–Crippen MR) is 218 cm³/mol. The van der Waals surface area contributed by atoms with Gasteiger partial charge < -0.3 is 39.7 Å². The molecule has 1 aliphatic rings. The summed E-state index contributed by atoms with van der Waals surface area (Å²) in [4.78, 5) is 44.4. The third kappa shape index (κ3) is 16.2. The summed E-state index contributed by atoms with van der Waals surface area (Å²) in [6.45, 7) is 13.2. The number of nitrogens with zero attached hydrogens (tertiary/aromatic N) is 2. The molecule has 1 fully saturated rings. The van der Waals surface area contributed by atoms with Gasteiger partial charge in [-0.3, -0.25) is 10.7 Å². The van der Waals surface area contributed by atoms with Crippen molar-refractivity contribution in [2.45, 2.75) is 85.0 Å². The van der Waals surface area contributed by atoms with Crippen molar-refractivity contribution in [2.24, 2.45) is 22.7 Å². The fraction of sp³-hybridized carbons (Fsp3) is 0.465. The van der Waals surface area contributed by atoms with Gasteiger partial charge in [-0.05, 0) is 132 Å². The zero-order valence-electron chi connectivity index (χ0n) is 33.8. The van der Waals surface area contributed by atoms with Gasteiger partial charge in [0, 0.05) is 17.7 Å². The van der Waals surface area contributed by atoms with Crippen LogP contribution in [0.25, 0.3) is 0 Å². The zero-order valence-corrected chi connectivity index (χ0v) is 33.8. The van der Waals surface area contributed by atoms with Crippen LogP contribution in [-0.4, -0.2) is 79.2 Å². The van der Waals surface area contributed by atoms with Crippen LogP contribution < -0.4 is 25.8 Å². The number of ether oxygens (including phenoxy) is 4. The number of piperidine rings is 1. The predicted octanol–water partition coefficient (Wildman–Crippen LogP) is 6.99. The van der Waals surface area contributed by atoms with E-state index in [2.05, 4.69) is 20.7 Å². The van der Waals surface area contributed by atoms with Gasteiger partial charge >= 0.3 is 18.2 Å². The number of alkyl carbamates (subject to hydrolysis) is 2. The summed E-state index contributed by atoms with van der Waals surface area (Å²) in [6, 6.07) is 22.6. The SMILES string of the molecule is CC(C)[C@H](NC(=O)OC(C)(C)C)C(=O)ON=C(N)c1ccc(OCCCC2CCN(CCCOc3ccc(C(=N)NC(=O)OCc4ccccc4)cc3)CC2)cc1. The molecule has 0 aliphatic carbocycles. The Balaban J connectivity index is 1.05. The normalized spacial score (nSPS) is 14.3. The number of hydrogen-bond acceptors (Lipinski definition) is 11. The van der Waals surface area contributed by atoms with Gasteiger partial charge in [0.05, 0.1) is 13.2 Å². The van der Waals surface area contributed by atoms with E-state index >= 15 is 0 Å². The Morgan fingerprint density at radius 2 is 1.46 bits per heavy atom. The van der Waals surface area contributed by atoms with Crippen molar-refractivity contribution < 1.29 is 38.2 Å². The molecule has 0 spiro atoms. The highest BCUT2D eigenvalue weighted by molar-refractivity contribution is 6.04. The van der Waals surface area contributed by atoms with Gasteiger partial charge in [0.25, 0.3) is 0 Å². The molecule has 14 nitrogen and oxygen atoms in total. The maximum Gasteiger partial charge on any atom is 0.413 e. The van der Waals surface area contributed by atoms with Crippen molar-refractivity contribution in [3.8, 4) is 11.5 Å². The van der Waals surface area contributed by atoms with Gasteiger partial charge in [-0.1, -0.05) is 49.3 Å². The fourth-order valence-electron chi connectivity index (χ4n) is 6.05. The largest absolute Gasteiger partial charge is 0.494 e. The third-order valence-corrected chi connectivity index (χ3v) is 9.18. The molecule has 1 aliphatic heterocycles. The molecule has 0 saturated carbocycles. The highest BCUT2D eigenvalue weighted by atomic mass is 16.7. The first-order valence-electron chi connectivity index (χ1n) is 19.5. The van der Waals surface area contributed by atoms with E-state index in [1.807, 2.05) is 30.3 Å². The highest BCUT2D eigenvalue weighted by Crippen LogP contribution is 2.23. The third-order valence-electron chi connectivity index (χ3n) is 9.18. The fourth-order valence-corrected chi connectivity index (χ4v) is 6.05. The van der Waals surface area contributed by atoms with Crippen LogP contribution in [0.4, 0.5) is 9.59 Å². The number of carbonyl (C=O) groups excluding carboxylic acids is 3. The molecule has 0 unspecified atom stereocenters.